The molecule has 1 aromatic carbocycles. The van der Waals surface area contributed by atoms with Crippen molar-refractivity contribution in [2.24, 2.45) is 0 Å². The topological polar surface area (TPSA) is 35.5 Å². The van der Waals surface area contributed by atoms with Crippen LogP contribution in [-0.4, -0.2) is 26.4 Å². The van der Waals surface area contributed by atoms with Crippen LogP contribution in [0.4, 0.5) is 13.2 Å². The Kier molecular flexibility index (Phi) is 4.72. The third-order valence-corrected chi connectivity index (χ3v) is 2.40. The lowest BCUT2D eigenvalue weighted by molar-refractivity contribution is -0.158. The van der Waals surface area contributed by atoms with E-state index in [1.54, 1.807) is 0 Å². The number of benzene rings is 1. The first-order valence-electron chi connectivity index (χ1n) is 5.15. The van der Waals surface area contributed by atoms with Crippen LogP contribution in [0.5, 0.6) is 0 Å². The van der Waals surface area contributed by atoms with Gasteiger partial charge in [-0.1, -0.05) is 12.1 Å². The third kappa shape index (κ3) is 4.03. The van der Waals surface area contributed by atoms with E-state index in [0.717, 1.165) is 0 Å². The lowest BCUT2D eigenvalue weighted by Crippen LogP contribution is -2.15. The fourth-order valence-electron chi connectivity index (χ4n) is 1.50. The van der Waals surface area contributed by atoms with Crippen LogP contribution in [0.3, 0.4) is 0 Å². The van der Waals surface area contributed by atoms with Crippen molar-refractivity contribution in [2.75, 3.05) is 14.2 Å². The molecule has 100 valence electrons. The van der Waals surface area contributed by atoms with Crippen LogP contribution in [0.1, 0.15) is 28.4 Å². The normalized spacial score (nSPS) is 13.2. The molecule has 0 N–H and O–H groups in total. The maximum absolute atomic E-state index is 12.3. The predicted octanol–water partition coefficient (Wildman–Crippen LogP) is 3.11. The van der Waals surface area contributed by atoms with Gasteiger partial charge < -0.3 is 9.47 Å². The van der Waals surface area contributed by atoms with Gasteiger partial charge >= 0.3 is 12.1 Å². The zero-order valence-corrected chi connectivity index (χ0v) is 9.95. The van der Waals surface area contributed by atoms with Crippen molar-refractivity contribution in [1.82, 2.24) is 0 Å². The molecular formula is C12H13F3O3. The molecule has 0 aliphatic carbocycles. The molecular weight excluding hydrogens is 249 g/mol. The summed E-state index contributed by atoms with van der Waals surface area (Å²) in [6.45, 7) is 0. The van der Waals surface area contributed by atoms with Crippen LogP contribution in [0.25, 0.3) is 0 Å². The van der Waals surface area contributed by atoms with Gasteiger partial charge in [-0.15, -0.1) is 0 Å². The second kappa shape index (κ2) is 5.86. The number of carbonyl (C=O) groups excluding carboxylic acids is 1. The number of hydrogen-bond donors (Lipinski definition) is 0. The van der Waals surface area contributed by atoms with E-state index >= 15 is 0 Å². The second-order valence-corrected chi connectivity index (χ2v) is 3.66. The molecule has 0 spiro atoms. The van der Waals surface area contributed by atoms with Gasteiger partial charge in [0.2, 0.25) is 0 Å². The summed E-state index contributed by atoms with van der Waals surface area (Å²) in [6.07, 6.45) is -6.44. The van der Waals surface area contributed by atoms with E-state index in [4.69, 9.17) is 4.74 Å². The minimum atomic E-state index is -4.30. The number of rotatable bonds is 4. The van der Waals surface area contributed by atoms with Crippen molar-refractivity contribution in [3.63, 3.8) is 0 Å². The van der Waals surface area contributed by atoms with Crippen molar-refractivity contribution in [2.45, 2.75) is 18.7 Å². The molecule has 0 radical (unpaired) electrons. The molecule has 0 saturated carbocycles. The molecule has 1 aromatic rings. The van der Waals surface area contributed by atoms with Crippen molar-refractivity contribution >= 4 is 5.97 Å². The zero-order chi connectivity index (χ0) is 13.8. The largest absolute Gasteiger partial charge is 0.465 e. The number of hydrogen-bond acceptors (Lipinski definition) is 3. The van der Waals surface area contributed by atoms with Gasteiger partial charge in [0, 0.05) is 7.11 Å². The Hall–Kier alpha value is -1.56. The minimum Gasteiger partial charge on any atom is -0.465 e. The Bertz CT molecular complexity index is 398. The summed E-state index contributed by atoms with van der Waals surface area (Å²) in [5.41, 5.74) is 0.644. The summed E-state index contributed by atoms with van der Waals surface area (Å²) in [6, 6.07) is 5.66. The summed E-state index contributed by atoms with van der Waals surface area (Å²) in [7, 11) is 2.45. The van der Waals surface area contributed by atoms with E-state index in [9.17, 15) is 18.0 Å². The van der Waals surface area contributed by atoms with Crippen LogP contribution >= 0.6 is 0 Å². The van der Waals surface area contributed by atoms with Crippen molar-refractivity contribution < 1.29 is 27.4 Å². The number of methoxy groups -OCH3 is 2. The molecule has 6 heteroatoms. The number of esters is 1. The van der Waals surface area contributed by atoms with Gasteiger partial charge in [-0.05, 0) is 17.7 Å². The first-order valence-corrected chi connectivity index (χ1v) is 5.15. The molecule has 0 aliphatic rings. The smallest absolute Gasteiger partial charge is 0.391 e. The van der Waals surface area contributed by atoms with Crippen LogP contribution < -0.4 is 0 Å². The fraction of sp³-hybridized carbons (Fsp3) is 0.417. The first-order chi connectivity index (χ1) is 8.37. The highest BCUT2D eigenvalue weighted by Crippen LogP contribution is 2.31. The first kappa shape index (κ1) is 14.5. The predicted molar refractivity (Wildman–Crippen MR) is 58.2 cm³/mol. The zero-order valence-electron chi connectivity index (χ0n) is 9.95. The van der Waals surface area contributed by atoms with Gasteiger partial charge in [-0.25, -0.2) is 4.79 Å². The summed E-state index contributed by atoms with van der Waals surface area (Å²) >= 11 is 0. The molecule has 0 bridgehead atoms. The fourth-order valence-corrected chi connectivity index (χ4v) is 1.50. The Morgan fingerprint density at radius 2 is 1.78 bits per heavy atom. The SMILES string of the molecule is COC(=O)c1ccc(C(CC(F)(F)F)OC)cc1. The van der Waals surface area contributed by atoms with Crippen molar-refractivity contribution in [3.8, 4) is 0 Å². The minimum absolute atomic E-state index is 0.281. The number of halogens is 3. The molecule has 0 fully saturated rings. The van der Waals surface area contributed by atoms with Crippen LogP contribution in [0.15, 0.2) is 24.3 Å². The van der Waals surface area contributed by atoms with E-state index in [-0.39, 0.29) is 5.56 Å². The lowest BCUT2D eigenvalue weighted by Gasteiger charge is -2.17. The van der Waals surface area contributed by atoms with E-state index in [1.165, 1.54) is 38.5 Å². The summed E-state index contributed by atoms with van der Waals surface area (Å²) in [5, 5.41) is 0. The van der Waals surface area contributed by atoms with Crippen LogP contribution in [-0.2, 0) is 9.47 Å². The van der Waals surface area contributed by atoms with Gasteiger partial charge in [0.25, 0.3) is 0 Å². The van der Waals surface area contributed by atoms with E-state index in [2.05, 4.69) is 4.74 Å². The van der Waals surface area contributed by atoms with E-state index in [0.29, 0.717) is 5.56 Å². The average Bonchev–Trinajstić information content (AvgIpc) is 2.34. The molecule has 0 saturated heterocycles. The molecule has 18 heavy (non-hydrogen) atoms. The molecule has 0 aliphatic heterocycles. The standard InChI is InChI=1S/C12H13F3O3/c1-17-10(7-12(13,14)15)8-3-5-9(6-4-8)11(16)18-2/h3-6,10H,7H2,1-2H3. The van der Waals surface area contributed by atoms with Crippen molar-refractivity contribution in [1.29, 1.82) is 0 Å². The van der Waals surface area contributed by atoms with Crippen LogP contribution in [0, 0.1) is 0 Å². The van der Waals surface area contributed by atoms with Crippen LogP contribution in [0.2, 0.25) is 0 Å². The van der Waals surface area contributed by atoms with Gasteiger partial charge in [-0.3, -0.25) is 0 Å². The number of carbonyl (C=O) groups is 1. The molecule has 0 aromatic heterocycles. The Balaban J connectivity index is 2.85. The highest BCUT2D eigenvalue weighted by molar-refractivity contribution is 5.89. The molecule has 1 atom stereocenters. The summed E-state index contributed by atoms with van der Waals surface area (Å²) < 4.78 is 46.2. The Morgan fingerprint density at radius 3 is 2.17 bits per heavy atom. The molecule has 1 unspecified atom stereocenters. The van der Waals surface area contributed by atoms with Crippen molar-refractivity contribution in [3.05, 3.63) is 35.4 Å². The molecule has 0 amide bonds. The third-order valence-electron chi connectivity index (χ3n) is 2.40. The number of ether oxygens (including phenoxy) is 2. The lowest BCUT2D eigenvalue weighted by atomic mass is 10.0. The second-order valence-electron chi connectivity index (χ2n) is 3.66. The average molecular weight is 262 g/mol. The van der Waals surface area contributed by atoms with E-state index < -0.39 is 24.7 Å². The van der Waals surface area contributed by atoms with Gasteiger partial charge in [0.1, 0.15) is 0 Å². The highest BCUT2D eigenvalue weighted by Gasteiger charge is 2.32. The highest BCUT2D eigenvalue weighted by atomic mass is 19.4. The molecule has 1 rings (SSSR count). The maximum atomic E-state index is 12.3. The molecule has 3 nitrogen and oxygen atoms in total. The van der Waals surface area contributed by atoms with E-state index in [1.807, 2.05) is 0 Å². The summed E-state index contributed by atoms with van der Waals surface area (Å²) in [5.74, 6) is -0.536. The van der Waals surface area contributed by atoms with Gasteiger partial charge in [-0.2, -0.15) is 13.2 Å². The monoisotopic (exact) mass is 262 g/mol. The Labute approximate surface area is 103 Å². The maximum Gasteiger partial charge on any atom is 0.391 e. The quantitative estimate of drug-likeness (QED) is 0.782. The molecule has 0 heterocycles. The Morgan fingerprint density at radius 1 is 1.22 bits per heavy atom. The van der Waals surface area contributed by atoms with Gasteiger partial charge in [0.05, 0.1) is 25.2 Å². The van der Waals surface area contributed by atoms with Gasteiger partial charge in [0.15, 0.2) is 0 Å². The summed E-state index contributed by atoms with van der Waals surface area (Å²) in [4.78, 5) is 11.2. The number of alkyl halides is 3.